The minimum Gasteiger partial charge on any atom is -0.342 e. The van der Waals surface area contributed by atoms with Crippen LogP contribution in [0.3, 0.4) is 0 Å². The highest BCUT2D eigenvalue weighted by atomic mass is 16.2. The Morgan fingerprint density at radius 1 is 1.35 bits per heavy atom. The number of carbonyl (C=O) groups excluding carboxylic acids is 2. The van der Waals surface area contributed by atoms with Crippen LogP contribution in [-0.2, 0) is 9.59 Å². The summed E-state index contributed by atoms with van der Waals surface area (Å²) < 4.78 is 0. The molecule has 1 atom stereocenters. The molecule has 1 fully saturated rings. The Labute approximate surface area is 104 Å². The summed E-state index contributed by atoms with van der Waals surface area (Å²) in [6.07, 6.45) is 3.33. The molecule has 0 N–H and O–H groups in total. The van der Waals surface area contributed by atoms with E-state index in [4.69, 9.17) is 0 Å². The largest absolute Gasteiger partial charge is 0.342 e. The molecule has 4 heteroatoms. The van der Waals surface area contributed by atoms with Gasteiger partial charge in [-0.3, -0.25) is 14.5 Å². The van der Waals surface area contributed by atoms with Crippen molar-refractivity contribution < 1.29 is 9.59 Å². The Hall–Kier alpha value is -0.900. The smallest absolute Gasteiger partial charge is 0.236 e. The lowest BCUT2D eigenvalue weighted by molar-refractivity contribution is -0.133. The number of carbonyl (C=O) groups is 2. The average molecular weight is 240 g/mol. The maximum Gasteiger partial charge on any atom is 0.236 e. The molecule has 0 aliphatic heterocycles. The fourth-order valence-corrected chi connectivity index (χ4v) is 2.40. The van der Waals surface area contributed by atoms with Crippen molar-refractivity contribution in [1.82, 2.24) is 9.80 Å². The van der Waals surface area contributed by atoms with Gasteiger partial charge in [-0.25, -0.2) is 0 Å². The van der Waals surface area contributed by atoms with Crippen LogP contribution in [0.2, 0.25) is 0 Å². The van der Waals surface area contributed by atoms with E-state index in [-0.39, 0.29) is 11.9 Å². The SMILES string of the molecule is CCN(CC)C(=O)CN(C)C1CCCC(=O)C1. The fourth-order valence-electron chi connectivity index (χ4n) is 2.40. The first-order chi connectivity index (χ1) is 8.08. The van der Waals surface area contributed by atoms with E-state index in [0.717, 1.165) is 25.9 Å². The Balaban J connectivity index is 2.44. The van der Waals surface area contributed by atoms with Crippen molar-refractivity contribution in [3.05, 3.63) is 0 Å². The molecule has 1 aliphatic rings. The van der Waals surface area contributed by atoms with Gasteiger partial charge in [0.25, 0.3) is 0 Å². The van der Waals surface area contributed by atoms with Gasteiger partial charge in [-0.15, -0.1) is 0 Å². The van der Waals surface area contributed by atoms with E-state index in [0.29, 0.717) is 25.2 Å². The zero-order valence-corrected chi connectivity index (χ0v) is 11.2. The first kappa shape index (κ1) is 14.2. The summed E-state index contributed by atoms with van der Waals surface area (Å²) >= 11 is 0. The lowest BCUT2D eigenvalue weighted by Gasteiger charge is -2.31. The molecule has 4 nitrogen and oxygen atoms in total. The van der Waals surface area contributed by atoms with Crippen LogP contribution in [0.15, 0.2) is 0 Å². The van der Waals surface area contributed by atoms with E-state index in [9.17, 15) is 9.59 Å². The van der Waals surface area contributed by atoms with E-state index < -0.39 is 0 Å². The van der Waals surface area contributed by atoms with Crippen LogP contribution in [0, 0.1) is 0 Å². The molecular formula is C13H24N2O2. The van der Waals surface area contributed by atoms with Gasteiger partial charge in [0.1, 0.15) is 5.78 Å². The number of likely N-dealkylation sites (N-methyl/N-ethyl adjacent to an activating group) is 2. The summed E-state index contributed by atoms with van der Waals surface area (Å²) in [6, 6.07) is 0.260. The van der Waals surface area contributed by atoms with Crippen LogP contribution in [-0.4, -0.2) is 54.2 Å². The first-order valence-electron chi connectivity index (χ1n) is 6.58. The zero-order valence-electron chi connectivity index (χ0n) is 11.2. The lowest BCUT2D eigenvalue weighted by Crippen LogP contribution is -2.44. The molecule has 0 radical (unpaired) electrons. The number of hydrogen-bond donors (Lipinski definition) is 0. The highest BCUT2D eigenvalue weighted by Crippen LogP contribution is 2.19. The summed E-state index contributed by atoms with van der Waals surface area (Å²) in [6.45, 7) is 5.93. The highest BCUT2D eigenvalue weighted by molar-refractivity contribution is 5.80. The molecule has 0 aromatic heterocycles. The summed E-state index contributed by atoms with van der Waals surface area (Å²) in [5.74, 6) is 0.499. The number of nitrogens with zero attached hydrogens (tertiary/aromatic N) is 2. The Kier molecular flexibility index (Phi) is 5.62. The predicted molar refractivity (Wildman–Crippen MR) is 67.8 cm³/mol. The molecule has 1 rings (SSSR count). The van der Waals surface area contributed by atoms with E-state index >= 15 is 0 Å². The van der Waals surface area contributed by atoms with Crippen LogP contribution < -0.4 is 0 Å². The van der Waals surface area contributed by atoms with Crippen molar-refractivity contribution in [3.63, 3.8) is 0 Å². The van der Waals surface area contributed by atoms with Gasteiger partial charge in [-0.05, 0) is 33.7 Å². The standard InChI is InChI=1S/C13H24N2O2/c1-4-15(5-2)13(17)10-14(3)11-7-6-8-12(16)9-11/h11H,4-10H2,1-3H3. The normalized spacial score (nSPS) is 20.7. The highest BCUT2D eigenvalue weighted by Gasteiger charge is 2.24. The molecule has 0 bridgehead atoms. The summed E-state index contributed by atoms with van der Waals surface area (Å²) in [4.78, 5) is 27.2. The second-order valence-corrected chi connectivity index (χ2v) is 4.77. The van der Waals surface area contributed by atoms with Gasteiger partial charge in [0.15, 0.2) is 0 Å². The van der Waals surface area contributed by atoms with E-state index in [1.807, 2.05) is 30.7 Å². The van der Waals surface area contributed by atoms with Gasteiger partial charge >= 0.3 is 0 Å². The average Bonchev–Trinajstić information content (AvgIpc) is 2.30. The van der Waals surface area contributed by atoms with E-state index in [2.05, 4.69) is 0 Å². The molecule has 0 aromatic carbocycles. The van der Waals surface area contributed by atoms with Crippen molar-refractivity contribution in [2.75, 3.05) is 26.7 Å². The predicted octanol–water partition coefficient (Wildman–Crippen LogP) is 1.30. The molecule has 1 amide bonds. The second-order valence-electron chi connectivity index (χ2n) is 4.77. The van der Waals surface area contributed by atoms with E-state index in [1.54, 1.807) is 0 Å². The second kappa shape index (κ2) is 6.74. The van der Waals surface area contributed by atoms with Gasteiger partial charge < -0.3 is 4.90 Å². The van der Waals surface area contributed by atoms with Gasteiger partial charge in [-0.1, -0.05) is 0 Å². The molecular weight excluding hydrogens is 216 g/mol. The third-order valence-corrected chi connectivity index (χ3v) is 3.58. The summed E-state index contributed by atoms with van der Waals surface area (Å²) in [5, 5.41) is 0. The Morgan fingerprint density at radius 3 is 2.53 bits per heavy atom. The number of Topliss-reactive ketones (excluding diaryl/α,β-unsaturated/α-hetero) is 1. The number of amides is 1. The molecule has 1 saturated carbocycles. The van der Waals surface area contributed by atoms with Gasteiger partial charge in [0.2, 0.25) is 5.91 Å². The first-order valence-corrected chi connectivity index (χ1v) is 6.58. The summed E-state index contributed by atoms with van der Waals surface area (Å²) in [5.41, 5.74) is 0. The molecule has 0 heterocycles. The lowest BCUT2D eigenvalue weighted by atomic mass is 9.93. The minimum absolute atomic E-state index is 0.163. The Bertz CT molecular complexity index is 275. The van der Waals surface area contributed by atoms with Crippen LogP contribution in [0.5, 0.6) is 0 Å². The molecule has 98 valence electrons. The van der Waals surface area contributed by atoms with Crippen molar-refractivity contribution in [2.45, 2.75) is 45.6 Å². The maximum atomic E-state index is 11.9. The van der Waals surface area contributed by atoms with Crippen molar-refractivity contribution in [1.29, 1.82) is 0 Å². The van der Waals surface area contributed by atoms with Crippen molar-refractivity contribution in [3.8, 4) is 0 Å². The quantitative estimate of drug-likeness (QED) is 0.727. The van der Waals surface area contributed by atoms with E-state index in [1.165, 1.54) is 0 Å². The molecule has 0 aromatic rings. The van der Waals surface area contributed by atoms with Crippen molar-refractivity contribution >= 4 is 11.7 Å². The molecule has 17 heavy (non-hydrogen) atoms. The van der Waals surface area contributed by atoms with Crippen LogP contribution in [0.25, 0.3) is 0 Å². The number of ketones is 1. The third kappa shape index (κ3) is 4.11. The number of rotatable bonds is 5. The molecule has 0 spiro atoms. The fraction of sp³-hybridized carbons (Fsp3) is 0.846. The van der Waals surface area contributed by atoms with Crippen molar-refractivity contribution in [2.24, 2.45) is 0 Å². The van der Waals surface area contributed by atoms with Crippen LogP contribution >= 0.6 is 0 Å². The minimum atomic E-state index is 0.163. The zero-order chi connectivity index (χ0) is 12.8. The topological polar surface area (TPSA) is 40.6 Å². The molecule has 1 aliphatic carbocycles. The van der Waals surface area contributed by atoms with Gasteiger partial charge in [0.05, 0.1) is 6.54 Å². The van der Waals surface area contributed by atoms with Gasteiger partial charge in [-0.2, -0.15) is 0 Å². The maximum absolute atomic E-state index is 11.9. The van der Waals surface area contributed by atoms with Crippen LogP contribution in [0.1, 0.15) is 39.5 Å². The Morgan fingerprint density at radius 2 is 2.00 bits per heavy atom. The molecule has 0 saturated heterocycles. The van der Waals surface area contributed by atoms with Crippen LogP contribution in [0.4, 0.5) is 0 Å². The third-order valence-electron chi connectivity index (χ3n) is 3.58. The van der Waals surface area contributed by atoms with Gasteiger partial charge in [0, 0.05) is 32.0 Å². The number of hydrogen-bond acceptors (Lipinski definition) is 3. The molecule has 1 unspecified atom stereocenters. The summed E-state index contributed by atoms with van der Waals surface area (Å²) in [7, 11) is 1.95. The monoisotopic (exact) mass is 240 g/mol.